The van der Waals surface area contributed by atoms with Gasteiger partial charge in [0, 0.05) is 18.3 Å². The van der Waals surface area contributed by atoms with Crippen molar-refractivity contribution in [1.29, 1.82) is 5.26 Å². The molecule has 1 rings (SSSR count). The Labute approximate surface area is 93.8 Å². The molecule has 16 heavy (non-hydrogen) atoms. The molecule has 0 saturated carbocycles. The zero-order valence-corrected chi connectivity index (χ0v) is 8.68. The lowest BCUT2D eigenvalue weighted by molar-refractivity contribution is -0.131. The van der Waals surface area contributed by atoms with Gasteiger partial charge in [0.1, 0.15) is 0 Å². The van der Waals surface area contributed by atoms with Gasteiger partial charge in [0.2, 0.25) is 0 Å². The van der Waals surface area contributed by atoms with E-state index in [0.717, 1.165) is 17.3 Å². The van der Waals surface area contributed by atoms with Gasteiger partial charge in [0.15, 0.2) is 0 Å². The first kappa shape index (κ1) is 11.8. The van der Waals surface area contributed by atoms with Crippen molar-refractivity contribution in [3.63, 3.8) is 0 Å². The van der Waals surface area contributed by atoms with Gasteiger partial charge in [-0.2, -0.15) is 5.26 Å². The summed E-state index contributed by atoms with van der Waals surface area (Å²) in [5, 5.41) is 19.9. The highest BCUT2D eigenvalue weighted by molar-refractivity contribution is 5.79. The van der Waals surface area contributed by atoms with E-state index in [-0.39, 0.29) is 0 Å². The van der Waals surface area contributed by atoms with Crippen molar-refractivity contribution in [3.05, 3.63) is 42.0 Å². The first-order valence-electron chi connectivity index (χ1n) is 4.81. The fraction of sp³-hybridized carbons (Fsp3) is 0.167. The highest BCUT2D eigenvalue weighted by Crippen LogP contribution is 2.09. The molecule has 1 aromatic carbocycles. The van der Waals surface area contributed by atoms with Crippen LogP contribution in [0.4, 0.5) is 5.69 Å². The summed E-state index contributed by atoms with van der Waals surface area (Å²) >= 11 is 0. The number of hydrogen-bond donors (Lipinski definition) is 2. The van der Waals surface area contributed by atoms with E-state index in [0.29, 0.717) is 13.0 Å². The van der Waals surface area contributed by atoms with E-state index in [4.69, 9.17) is 10.4 Å². The van der Waals surface area contributed by atoms with Crippen LogP contribution in [0.5, 0.6) is 0 Å². The quantitative estimate of drug-likeness (QED) is 0.736. The Morgan fingerprint density at radius 1 is 1.44 bits per heavy atom. The number of benzene rings is 1. The summed E-state index contributed by atoms with van der Waals surface area (Å²) in [5.74, 6) is -0.953. The number of nitriles is 1. The maximum absolute atomic E-state index is 10.2. The fourth-order valence-electron chi connectivity index (χ4n) is 1.17. The van der Waals surface area contributed by atoms with Crippen molar-refractivity contribution >= 4 is 11.7 Å². The molecule has 0 fully saturated rings. The van der Waals surface area contributed by atoms with Gasteiger partial charge in [-0.3, -0.25) is 0 Å². The molecule has 0 atom stereocenters. The van der Waals surface area contributed by atoms with E-state index >= 15 is 0 Å². The van der Waals surface area contributed by atoms with Crippen LogP contribution in [-0.4, -0.2) is 17.6 Å². The first-order valence-corrected chi connectivity index (χ1v) is 4.81. The number of nitrogens with zero attached hydrogens (tertiary/aromatic N) is 1. The molecule has 82 valence electrons. The van der Waals surface area contributed by atoms with Gasteiger partial charge in [0.05, 0.1) is 12.5 Å². The normalized spacial score (nSPS) is 9.94. The Bertz CT molecular complexity index is 416. The molecule has 0 amide bonds. The molecule has 4 heteroatoms. The van der Waals surface area contributed by atoms with E-state index in [2.05, 4.69) is 11.4 Å². The lowest BCUT2D eigenvalue weighted by Gasteiger charge is -2.03. The van der Waals surface area contributed by atoms with Gasteiger partial charge in [-0.25, -0.2) is 4.79 Å². The summed E-state index contributed by atoms with van der Waals surface area (Å²) in [6.07, 6.45) is 3.03. The minimum atomic E-state index is -0.953. The third-order valence-corrected chi connectivity index (χ3v) is 1.92. The van der Waals surface area contributed by atoms with Crippen LogP contribution in [0.1, 0.15) is 5.56 Å². The summed E-state index contributed by atoms with van der Waals surface area (Å²) in [7, 11) is 0. The van der Waals surface area contributed by atoms with Crippen molar-refractivity contribution in [2.75, 3.05) is 11.9 Å². The predicted molar refractivity (Wildman–Crippen MR) is 61.0 cm³/mol. The minimum Gasteiger partial charge on any atom is -0.478 e. The first-order chi connectivity index (χ1) is 7.72. The molecule has 0 aliphatic rings. The predicted octanol–water partition coefficient (Wildman–Crippen LogP) is 1.81. The summed E-state index contributed by atoms with van der Waals surface area (Å²) in [6, 6.07) is 9.53. The number of rotatable bonds is 5. The second-order valence-electron chi connectivity index (χ2n) is 3.15. The Kier molecular flexibility index (Phi) is 4.61. The Morgan fingerprint density at radius 3 is 2.69 bits per heavy atom. The van der Waals surface area contributed by atoms with Crippen molar-refractivity contribution in [1.82, 2.24) is 0 Å². The van der Waals surface area contributed by atoms with E-state index in [9.17, 15) is 4.79 Å². The summed E-state index contributed by atoms with van der Waals surface area (Å²) in [5.41, 5.74) is 1.87. The number of aliphatic carboxylic acids is 1. The second-order valence-corrected chi connectivity index (χ2v) is 3.15. The monoisotopic (exact) mass is 216 g/mol. The number of carboxylic acids is 1. The molecule has 0 aromatic heterocycles. The molecule has 0 spiro atoms. The van der Waals surface area contributed by atoms with Crippen LogP contribution in [-0.2, 0) is 11.2 Å². The average Bonchev–Trinajstić information content (AvgIpc) is 2.27. The zero-order chi connectivity index (χ0) is 11.8. The van der Waals surface area contributed by atoms with Crippen molar-refractivity contribution in [2.45, 2.75) is 6.42 Å². The van der Waals surface area contributed by atoms with Gasteiger partial charge < -0.3 is 10.4 Å². The lowest BCUT2D eigenvalue weighted by Crippen LogP contribution is -1.99. The summed E-state index contributed by atoms with van der Waals surface area (Å²) in [6.45, 7) is 0.462. The molecule has 0 aliphatic carbocycles. The van der Waals surface area contributed by atoms with Gasteiger partial charge in [-0.05, 0) is 17.7 Å². The molecular formula is C12H12N2O2. The third-order valence-electron chi connectivity index (χ3n) is 1.92. The number of hydrogen-bond acceptors (Lipinski definition) is 3. The number of nitrogens with one attached hydrogen (secondary N) is 1. The van der Waals surface area contributed by atoms with Gasteiger partial charge >= 0.3 is 5.97 Å². The zero-order valence-electron chi connectivity index (χ0n) is 8.68. The maximum Gasteiger partial charge on any atom is 0.328 e. The van der Waals surface area contributed by atoms with Crippen LogP contribution in [0.15, 0.2) is 36.4 Å². The van der Waals surface area contributed by atoms with Gasteiger partial charge in [-0.15, -0.1) is 0 Å². The van der Waals surface area contributed by atoms with Crippen molar-refractivity contribution in [2.24, 2.45) is 0 Å². The molecule has 0 unspecified atom stereocenters. The van der Waals surface area contributed by atoms with Crippen LogP contribution in [0, 0.1) is 11.3 Å². The standard InChI is InChI=1S/C12H12N2O2/c13-8-7-10-3-5-11(6-4-10)14-9-1-2-12(15)16/h1-6,14H,7,9H2,(H,15,16)/b2-1+. The van der Waals surface area contributed by atoms with Gasteiger partial charge in [0.25, 0.3) is 0 Å². The van der Waals surface area contributed by atoms with Crippen LogP contribution < -0.4 is 5.32 Å². The fourth-order valence-corrected chi connectivity index (χ4v) is 1.17. The van der Waals surface area contributed by atoms with Crippen LogP contribution in [0.3, 0.4) is 0 Å². The third kappa shape index (κ3) is 4.29. The van der Waals surface area contributed by atoms with Crippen LogP contribution >= 0.6 is 0 Å². The van der Waals surface area contributed by atoms with Crippen LogP contribution in [0.2, 0.25) is 0 Å². The van der Waals surface area contributed by atoms with E-state index in [1.54, 1.807) is 0 Å². The number of carbonyl (C=O) groups is 1. The lowest BCUT2D eigenvalue weighted by atomic mass is 10.1. The van der Waals surface area contributed by atoms with Crippen LogP contribution in [0.25, 0.3) is 0 Å². The van der Waals surface area contributed by atoms with Crippen molar-refractivity contribution in [3.8, 4) is 6.07 Å². The van der Waals surface area contributed by atoms with Gasteiger partial charge in [-0.1, -0.05) is 18.2 Å². The molecule has 0 saturated heterocycles. The molecular weight excluding hydrogens is 204 g/mol. The molecule has 0 heterocycles. The molecule has 1 aromatic rings. The van der Waals surface area contributed by atoms with E-state index < -0.39 is 5.97 Å². The van der Waals surface area contributed by atoms with E-state index in [1.807, 2.05) is 24.3 Å². The highest BCUT2D eigenvalue weighted by atomic mass is 16.4. The molecule has 0 bridgehead atoms. The molecule has 4 nitrogen and oxygen atoms in total. The maximum atomic E-state index is 10.2. The van der Waals surface area contributed by atoms with Crippen molar-refractivity contribution < 1.29 is 9.90 Å². The summed E-state index contributed by atoms with van der Waals surface area (Å²) in [4.78, 5) is 10.2. The molecule has 0 aliphatic heterocycles. The summed E-state index contributed by atoms with van der Waals surface area (Å²) < 4.78 is 0. The topological polar surface area (TPSA) is 73.1 Å². The molecule has 2 N–H and O–H groups in total. The number of anilines is 1. The minimum absolute atomic E-state index is 0.402. The molecule has 0 radical (unpaired) electrons. The van der Waals surface area contributed by atoms with E-state index in [1.165, 1.54) is 6.08 Å². The smallest absolute Gasteiger partial charge is 0.328 e. The highest BCUT2D eigenvalue weighted by Gasteiger charge is 1.92. The average molecular weight is 216 g/mol. The number of carboxylic acid groups (broad SMARTS) is 1. The Balaban J connectivity index is 2.44. The largest absolute Gasteiger partial charge is 0.478 e. The Hall–Kier alpha value is -2.28. The Morgan fingerprint density at radius 2 is 2.12 bits per heavy atom. The SMILES string of the molecule is N#CCc1ccc(NC/C=C/C(=O)O)cc1. The second kappa shape index (κ2) is 6.25.